The Morgan fingerprint density at radius 1 is 0.906 bits per heavy atom. The zero-order valence-electron chi connectivity index (χ0n) is 18.4. The van der Waals surface area contributed by atoms with Crippen LogP contribution in [0.5, 0.6) is 28.7 Å². The summed E-state index contributed by atoms with van der Waals surface area (Å²) in [6.45, 7) is 4.64. The van der Waals surface area contributed by atoms with Gasteiger partial charge < -0.3 is 24.1 Å². The number of ether oxygens (including phenoxy) is 4. The third-order valence-corrected chi connectivity index (χ3v) is 4.97. The summed E-state index contributed by atoms with van der Waals surface area (Å²) >= 11 is 6.21. The molecule has 1 N–H and O–H groups in total. The van der Waals surface area contributed by atoms with E-state index in [4.69, 9.17) is 30.5 Å². The average Bonchev–Trinajstić information content (AvgIpc) is 2.79. The van der Waals surface area contributed by atoms with Gasteiger partial charge in [0.1, 0.15) is 5.75 Å². The Balaban J connectivity index is 2.05. The lowest BCUT2D eigenvalue weighted by Gasteiger charge is -2.20. The molecule has 3 aromatic carbocycles. The number of benzene rings is 3. The molecule has 0 aromatic heterocycles. The third kappa shape index (κ3) is 5.37. The molecule has 0 aliphatic heterocycles. The van der Waals surface area contributed by atoms with Crippen LogP contribution in [0.2, 0.25) is 5.02 Å². The second-order valence-corrected chi connectivity index (χ2v) is 7.66. The number of phenols is 1. The average molecular weight is 459 g/mol. The summed E-state index contributed by atoms with van der Waals surface area (Å²) in [4.78, 5) is 12.9. The molecule has 0 unspecified atom stereocenters. The second kappa shape index (κ2) is 11.0. The van der Waals surface area contributed by atoms with Crippen LogP contribution >= 0.6 is 11.6 Å². The molecule has 0 bridgehead atoms. The first-order valence-electron chi connectivity index (χ1n) is 10.6. The monoisotopic (exact) mass is 458 g/mol. The number of aromatic hydroxyl groups is 1. The normalized spacial score (nSPS) is 10.8. The molecule has 3 aromatic rings. The number of carbonyl (C=O) groups is 1. The molecule has 0 aliphatic carbocycles. The minimum atomic E-state index is -0.482. The summed E-state index contributed by atoms with van der Waals surface area (Å²) < 4.78 is 22.7. The maximum absolute atomic E-state index is 12.9. The highest BCUT2D eigenvalue weighted by Gasteiger charge is 2.25. The van der Waals surface area contributed by atoms with Gasteiger partial charge >= 0.3 is 5.97 Å². The number of esters is 1. The fraction of sp³-hybridized carbons (Fsp3) is 0.320. The predicted octanol–water partition coefficient (Wildman–Crippen LogP) is 5.93. The maximum atomic E-state index is 12.9. The summed E-state index contributed by atoms with van der Waals surface area (Å²) in [6.07, 6.45) is 1.50. The first kappa shape index (κ1) is 23.5. The molecule has 3 rings (SSSR count). The number of halogens is 1. The molecular formula is C25H27ClO6. The molecular weight excluding hydrogens is 432 g/mol. The van der Waals surface area contributed by atoms with Crippen molar-refractivity contribution in [3.63, 3.8) is 0 Å². The van der Waals surface area contributed by atoms with Crippen LogP contribution in [0.25, 0.3) is 10.8 Å². The van der Waals surface area contributed by atoms with Gasteiger partial charge in [0, 0.05) is 15.8 Å². The van der Waals surface area contributed by atoms with E-state index in [-0.39, 0.29) is 29.4 Å². The third-order valence-electron chi connectivity index (χ3n) is 4.73. The molecule has 7 heteroatoms. The van der Waals surface area contributed by atoms with E-state index in [9.17, 15) is 9.90 Å². The van der Waals surface area contributed by atoms with Crippen LogP contribution < -0.4 is 18.9 Å². The molecule has 0 heterocycles. The van der Waals surface area contributed by atoms with Gasteiger partial charge in [-0.3, -0.25) is 4.79 Å². The second-order valence-electron chi connectivity index (χ2n) is 7.22. The number of methoxy groups -OCH3 is 1. The number of hydrogen-bond acceptors (Lipinski definition) is 6. The Bertz CT molecular complexity index is 1080. The molecule has 0 atom stereocenters. The summed E-state index contributed by atoms with van der Waals surface area (Å²) in [5.74, 6) is 0.668. The van der Waals surface area contributed by atoms with Crippen LogP contribution in [-0.4, -0.2) is 31.4 Å². The van der Waals surface area contributed by atoms with Crippen molar-refractivity contribution in [3.05, 3.63) is 53.1 Å². The van der Waals surface area contributed by atoms with Gasteiger partial charge in [-0.1, -0.05) is 37.6 Å². The van der Waals surface area contributed by atoms with Crippen molar-refractivity contribution in [1.82, 2.24) is 0 Å². The first-order valence-corrected chi connectivity index (χ1v) is 10.9. The summed E-state index contributed by atoms with van der Waals surface area (Å²) in [7, 11) is 1.58. The van der Waals surface area contributed by atoms with E-state index in [2.05, 4.69) is 0 Å². The number of fused-ring (bicyclic) bond motifs is 1. The van der Waals surface area contributed by atoms with Crippen molar-refractivity contribution in [3.8, 4) is 28.7 Å². The molecule has 170 valence electrons. The number of hydrogen-bond donors (Lipinski definition) is 1. The van der Waals surface area contributed by atoms with Crippen LogP contribution in [-0.2, 0) is 11.2 Å². The molecule has 0 radical (unpaired) electrons. The zero-order chi connectivity index (χ0) is 23.1. The molecule has 32 heavy (non-hydrogen) atoms. The van der Waals surface area contributed by atoms with E-state index in [0.717, 1.165) is 18.4 Å². The molecule has 0 saturated heterocycles. The Kier molecular flexibility index (Phi) is 8.06. The lowest BCUT2D eigenvalue weighted by molar-refractivity contribution is -0.133. The molecule has 0 amide bonds. The SMILES string of the molecule is CCCOc1c(OCCC)c(OC(=O)Cc2ccc(OC)cc2)c2cc(Cl)ccc2c1O. The molecule has 6 nitrogen and oxygen atoms in total. The highest BCUT2D eigenvalue weighted by atomic mass is 35.5. The van der Waals surface area contributed by atoms with Crippen LogP contribution in [0.1, 0.15) is 32.3 Å². The Morgan fingerprint density at radius 3 is 2.19 bits per heavy atom. The fourth-order valence-electron chi connectivity index (χ4n) is 3.20. The van der Waals surface area contributed by atoms with E-state index >= 15 is 0 Å². The lowest BCUT2D eigenvalue weighted by atomic mass is 10.1. The number of phenolic OH excluding ortho intramolecular Hbond substituents is 1. The van der Waals surface area contributed by atoms with Gasteiger partial charge in [-0.25, -0.2) is 0 Å². The van der Waals surface area contributed by atoms with Crippen molar-refractivity contribution >= 4 is 28.3 Å². The van der Waals surface area contributed by atoms with Crippen molar-refractivity contribution in [2.45, 2.75) is 33.1 Å². The van der Waals surface area contributed by atoms with Crippen LogP contribution in [0.4, 0.5) is 0 Å². The fourth-order valence-corrected chi connectivity index (χ4v) is 3.37. The minimum Gasteiger partial charge on any atom is -0.504 e. The van der Waals surface area contributed by atoms with Gasteiger partial charge in [0.05, 0.1) is 26.7 Å². The van der Waals surface area contributed by atoms with Gasteiger partial charge in [-0.2, -0.15) is 0 Å². The van der Waals surface area contributed by atoms with Crippen molar-refractivity contribution in [2.24, 2.45) is 0 Å². The largest absolute Gasteiger partial charge is 0.504 e. The van der Waals surface area contributed by atoms with E-state index in [0.29, 0.717) is 34.8 Å². The summed E-state index contributed by atoms with van der Waals surface area (Å²) in [6, 6.07) is 12.1. The summed E-state index contributed by atoms with van der Waals surface area (Å²) in [5, 5.41) is 12.2. The van der Waals surface area contributed by atoms with E-state index < -0.39 is 5.97 Å². The molecule has 0 saturated carbocycles. The standard InChI is InChI=1S/C25H27ClO6/c1-4-12-30-24-22(28)19-11-8-17(26)15-20(19)23(25(24)31-13-5-2)32-21(27)14-16-6-9-18(29-3)10-7-16/h6-11,15,28H,4-5,12-14H2,1-3H3. The lowest BCUT2D eigenvalue weighted by Crippen LogP contribution is -2.13. The van der Waals surface area contributed by atoms with Gasteiger partial charge in [0.2, 0.25) is 11.5 Å². The zero-order valence-corrected chi connectivity index (χ0v) is 19.2. The van der Waals surface area contributed by atoms with Crippen molar-refractivity contribution in [2.75, 3.05) is 20.3 Å². The first-order chi connectivity index (χ1) is 15.5. The van der Waals surface area contributed by atoms with E-state index in [1.807, 2.05) is 13.8 Å². The quantitative estimate of drug-likeness (QED) is 0.299. The minimum absolute atomic E-state index is 0.0469. The van der Waals surface area contributed by atoms with Crippen LogP contribution in [0.15, 0.2) is 42.5 Å². The van der Waals surface area contributed by atoms with Crippen LogP contribution in [0.3, 0.4) is 0 Å². The Hall–Kier alpha value is -3.12. The van der Waals surface area contributed by atoms with Crippen LogP contribution in [0, 0.1) is 0 Å². The van der Waals surface area contributed by atoms with Crippen molar-refractivity contribution < 1.29 is 28.8 Å². The molecule has 0 spiro atoms. The Labute approximate surface area is 192 Å². The predicted molar refractivity (Wildman–Crippen MR) is 125 cm³/mol. The topological polar surface area (TPSA) is 74.2 Å². The van der Waals surface area contributed by atoms with E-state index in [1.54, 1.807) is 49.6 Å². The number of rotatable bonds is 10. The maximum Gasteiger partial charge on any atom is 0.315 e. The van der Waals surface area contributed by atoms with Gasteiger partial charge in [0.25, 0.3) is 0 Å². The van der Waals surface area contributed by atoms with Gasteiger partial charge in [0.15, 0.2) is 11.5 Å². The van der Waals surface area contributed by atoms with Gasteiger partial charge in [-0.15, -0.1) is 0 Å². The number of carbonyl (C=O) groups excluding carboxylic acids is 1. The Morgan fingerprint density at radius 2 is 1.56 bits per heavy atom. The molecule has 0 aliphatic rings. The van der Waals surface area contributed by atoms with E-state index in [1.165, 1.54) is 0 Å². The smallest absolute Gasteiger partial charge is 0.315 e. The van der Waals surface area contributed by atoms with Gasteiger partial charge in [-0.05, 0) is 48.7 Å². The highest BCUT2D eigenvalue weighted by molar-refractivity contribution is 6.31. The highest BCUT2D eigenvalue weighted by Crippen LogP contribution is 2.51. The summed E-state index contributed by atoms with van der Waals surface area (Å²) in [5.41, 5.74) is 0.774. The van der Waals surface area contributed by atoms with Crippen molar-refractivity contribution in [1.29, 1.82) is 0 Å². The molecule has 0 fully saturated rings.